The van der Waals surface area contributed by atoms with Crippen molar-refractivity contribution in [3.8, 4) is 0 Å². The maximum absolute atomic E-state index is 12.9. The van der Waals surface area contributed by atoms with Crippen LogP contribution < -0.4 is 0 Å². The van der Waals surface area contributed by atoms with E-state index < -0.39 is 0 Å². The maximum atomic E-state index is 12.9. The van der Waals surface area contributed by atoms with E-state index in [0.717, 1.165) is 29.2 Å². The Hall–Kier alpha value is -2.05. The highest BCUT2D eigenvalue weighted by atomic mass is 35.5. The van der Waals surface area contributed by atoms with Crippen molar-refractivity contribution >= 4 is 34.9 Å². The van der Waals surface area contributed by atoms with Gasteiger partial charge in [0, 0.05) is 30.1 Å². The molecule has 0 atom stereocenters. The zero-order valence-corrected chi connectivity index (χ0v) is 16.0. The average molecular weight is 387 g/mol. The molecule has 1 aliphatic heterocycles. The van der Waals surface area contributed by atoms with Gasteiger partial charge in [0.2, 0.25) is 0 Å². The third-order valence-corrected chi connectivity index (χ3v) is 5.95. The first kappa shape index (κ1) is 17.4. The first-order chi connectivity index (χ1) is 12.7. The van der Waals surface area contributed by atoms with Crippen LogP contribution in [0.2, 0.25) is 5.02 Å². The summed E-state index contributed by atoms with van der Waals surface area (Å²) in [5.41, 5.74) is 1.45. The molecule has 0 aliphatic carbocycles. The predicted molar refractivity (Wildman–Crippen MR) is 104 cm³/mol. The standard InChI is InChI=1S/C19H19ClN4OS/c1-26-14-5-6-16(20)15(12-14)19(25)23-10-7-13(8-11-23)18-22-21-17-4-2-3-9-24(17)18/h2-6,9,12-13H,7-8,10-11H2,1H3. The molecule has 0 spiro atoms. The summed E-state index contributed by atoms with van der Waals surface area (Å²) in [5.74, 6) is 1.30. The molecule has 0 saturated carbocycles. The summed E-state index contributed by atoms with van der Waals surface area (Å²) in [6, 6.07) is 11.5. The quantitative estimate of drug-likeness (QED) is 0.635. The van der Waals surface area contributed by atoms with Gasteiger partial charge < -0.3 is 4.90 Å². The normalized spacial score (nSPS) is 15.5. The van der Waals surface area contributed by atoms with Crippen LogP contribution in [0.15, 0.2) is 47.5 Å². The van der Waals surface area contributed by atoms with Crippen molar-refractivity contribution in [3.05, 3.63) is 59.0 Å². The molecule has 1 amide bonds. The summed E-state index contributed by atoms with van der Waals surface area (Å²) < 4.78 is 2.04. The van der Waals surface area contributed by atoms with Crippen LogP contribution in [0.3, 0.4) is 0 Å². The van der Waals surface area contributed by atoms with Crippen molar-refractivity contribution < 1.29 is 4.79 Å². The minimum atomic E-state index is 0.00968. The van der Waals surface area contributed by atoms with E-state index in [9.17, 15) is 4.79 Å². The van der Waals surface area contributed by atoms with Gasteiger partial charge in [-0.05, 0) is 49.4 Å². The second kappa shape index (κ2) is 7.29. The van der Waals surface area contributed by atoms with Crippen LogP contribution in [0.4, 0.5) is 0 Å². The van der Waals surface area contributed by atoms with Crippen molar-refractivity contribution in [1.29, 1.82) is 0 Å². The molecule has 1 aliphatic rings. The molecular formula is C19H19ClN4OS. The molecule has 1 aromatic carbocycles. The van der Waals surface area contributed by atoms with E-state index in [1.165, 1.54) is 0 Å². The Kier molecular flexibility index (Phi) is 4.87. The topological polar surface area (TPSA) is 50.5 Å². The molecule has 0 radical (unpaired) electrons. The summed E-state index contributed by atoms with van der Waals surface area (Å²) in [6.07, 6.45) is 5.74. The summed E-state index contributed by atoms with van der Waals surface area (Å²) in [4.78, 5) is 15.8. The van der Waals surface area contributed by atoms with Gasteiger partial charge in [-0.2, -0.15) is 0 Å². The lowest BCUT2D eigenvalue weighted by Crippen LogP contribution is -2.38. The molecule has 134 valence electrons. The number of carbonyl (C=O) groups is 1. The fourth-order valence-corrected chi connectivity index (χ4v) is 4.08. The van der Waals surface area contributed by atoms with Crippen LogP contribution in [0.25, 0.3) is 5.65 Å². The first-order valence-electron chi connectivity index (χ1n) is 8.60. The van der Waals surface area contributed by atoms with Crippen molar-refractivity contribution in [2.75, 3.05) is 19.3 Å². The molecule has 3 aromatic rings. The highest BCUT2D eigenvalue weighted by molar-refractivity contribution is 7.98. The largest absolute Gasteiger partial charge is 0.339 e. The van der Waals surface area contributed by atoms with Crippen LogP contribution in [-0.4, -0.2) is 44.8 Å². The number of carbonyl (C=O) groups excluding carboxylic acids is 1. The van der Waals surface area contributed by atoms with Gasteiger partial charge >= 0.3 is 0 Å². The number of hydrogen-bond acceptors (Lipinski definition) is 4. The molecule has 4 rings (SSSR count). The van der Waals surface area contributed by atoms with E-state index in [-0.39, 0.29) is 5.91 Å². The molecule has 1 fully saturated rings. The Labute approximate surface area is 161 Å². The minimum Gasteiger partial charge on any atom is -0.339 e. The van der Waals surface area contributed by atoms with Crippen molar-refractivity contribution in [2.24, 2.45) is 0 Å². The predicted octanol–water partition coefficient (Wildman–Crippen LogP) is 4.12. The maximum Gasteiger partial charge on any atom is 0.255 e. The summed E-state index contributed by atoms with van der Waals surface area (Å²) in [5, 5.41) is 9.12. The highest BCUT2D eigenvalue weighted by Crippen LogP contribution is 2.30. The molecule has 7 heteroatoms. The van der Waals surface area contributed by atoms with Crippen molar-refractivity contribution in [1.82, 2.24) is 19.5 Å². The van der Waals surface area contributed by atoms with Crippen LogP contribution in [0, 0.1) is 0 Å². The van der Waals surface area contributed by atoms with Crippen molar-refractivity contribution in [2.45, 2.75) is 23.7 Å². The summed E-state index contributed by atoms with van der Waals surface area (Å²) in [7, 11) is 0. The molecule has 0 N–H and O–H groups in total. The fourth-order valence-electron chi connectivity index (χ4n) is 3.44. The van der Waals surface area contributed by atoms with Gasteiger partial charge in [0.25, 0.3) is 5.91 Å². The number of rotatable bonds is 3. The molecule has 3 heterocycles. The summed E-state index contributed by atoms with van der Waals surface area (Å²) in [6.45, 7) is 1.40. The number of aromatic nitrogens is 3. The smallest absolute Gasteiger partial charge is 0.255 e. The highest BCUT2D eigenvalue weighted by Gasteiger charge is 2.28. The fraction of sp³-hybridized carbons (Fsp3) is 0.316. The lowest BCUT2D eigenvalue weighted by molar-refractivity contribution is 0.0711. The molecule has 26 heavy (non-hydrogen) atoms. The Bertz CT molecular complexity index is 950. The summed E-state index contributed by atoms with van der Waals surface area (Å²) >= 11 is 7.87. The van der Waals surface area contributed by atoms with Crippen LogP contribution >= 0.6 is 23.4 Å². The lowest BCUT2D eigenvalue weighted by Gasteiger charge is -2.31. The SMILES string of the molecule is CSc1ccc(Cl)c(C(=O)N2CCC(c3nnc4ccccn34)CC2)c1. The van der Waals surface area contributed by atoms with E-state index >= 15 is 0 Å². The molecule has 1 saturated heterocycles. The molecule has 0 unspecified atom stereocenters. The second-order valence-corrected chi connectivity index (χ2v) is 7.69. The molecular weight excluding hydrogens is 368 g/mol. The van der Waals surface area contributed by atoms with E-state index in [1.807, 2.05) is 52.1 Å². The molecule has 0 bridgehead atoms. The van der Waals surface area contributed by atoms with Gasteiger partial charge in [0.1, 0.15) is 5.82 Å². The third kappa shape index (κ3) is 3.19. The monoisotopic (exact) mass is 386 g/mol. The second-order valence-electron chi connectivity index (χ2n) is 6.40. The van der Waals surface area contributed by atoms with Gasteiger partial charge in [0.05, 0.1) is 10.6 Å². The number of benzene rings is 1. The van der Waals surface area contributed by atoms with Crippen LogP contribution in [0.5, 0.6) is 0 Å². The number of halogens is 1. The van der Waals surface area contributed by atoms with Gasteiger partial charge in [-0.3, -0.25) is 9.20 Å². The number of pyridine rings is 1. The van der Waals surface area contributed by atoms with E-state index in [1.54, 1.807) is 17.8 Å². The van der Waals surface area contributed by atoms with Gasteiger partial charge in [0.15, 0.2) is 5.65 Å². The van der Waals surface area contributed by atoms with Crippen LogP contribution in [-0.2, 0) is 0 Å². The number of fused-ring (bicyclic) bond motifs is 1. The number of amides is 1. The number of thioether (sulfide) groups is 1. The minimum absolute atomic E-state index is 0.00968. The molecule has 2 aromatic heterocycles. The third-order valence-electron chi connectivity index (χ3n) is 4.89. The zero-order valence-electron chi connectivity index (χ0n) is 14.4. The Morgan fingerprint density at radius 3 is 2.77 bits per heavy atom. The Balaban J connectivity index is 1.49. The Morgan fingerprint density at radius 2 is 2.00 bits per heavy atom. The zero-order chi connectivity index (χ0) is 18.1. The number of hydrogen-bond donors (Lipinski definition) is 0. The van der Waals surface area contributed by atoms with E-state index in [4.69, 9.17) is 11.6 Å². The van der Waals surface area contributed by atoms with Crippen molar-refractivity contribution in [3.63, 3.8) is 0 Å². The van der Waals surface area contributed by atoms with Crippen LogP contribution in [0.1, 0.15) is 34.9 Å². The molecule has 5 nitrogen and oxygen atoms in total. The van der Waals surface area contributed by atoms with Gasteiger partial charge in [-0.25, -0.2) is 0 Å². The number of piperidine rings is 1. The van der Waals surface area contributed by atoms with Gasteiger partial charge in [-0.15, -0.1) is 22.0 Å². The lowest BCUT2D eigenvalue weighted by atomic mass is 9.95. The number of nitrogens with zero attached hydrogens (tertiary/aromatic N) is 4. The van der Waals surface area contributed by atoms with E-state index in [0.29, 0.717) is 29.6 Å². The first-order valence-corrected chi connectivity index (χ1v) is 10.2. The van der Waals surface area contributed by atoms with E-state index in [2.05, 4.69) is 10.2 Å². The number of likely N-dealkylation sites (tertiary alicyclic amines) is 1. The van der Waals surface area contributed by atoms with Gasteiger partial charge in [-0.1, -0.05) is 17.7 Å². The Morgan fingerprint density at radius 1 is 1.19 bits per heavy atom. The average Bonchev–Trinajstić information content (AvgIpc) is 3.12.